The Kier molecular flexibility index (Phi) is 3.58. The number of hydrogen-bond acceptors (Lipinski definition) is 4. The van der Waals surface area contributed by atoms with Crippen molar-refractivity contribution in [2.24, 2.45) is 0 Å². The largest absolute Gasteiger partial charge is 0.297 e. The normalized spacial score (nSPS) is 10.0. The van der Waals surface area contributed by atoms with Crippen molar-refractivity contribution in [2.75, 3.05) is 5.32 Å². The van der Waals surface area contributed by atoms with E-state index >= 15 is 0 Å². The number of hydrogen-bond donors (Lipinski definition) is 1. The number of rotatable bonds is 2. The van der Waals surface area contributed by atoms with Crippen molar-refractivity contribution in [2.45, 2.75) is 20.8 Å². The molecule has 2 aromatic heterocycles. The van der Waals surface area contributed by atoms with Crippen LogP contribution in [0, 0.1) is 27.3 Å². The summed E-state index contributed by atoms with van der Waals surface area (Å²) in [6.07, 6.45) is 0. The summed E-state index contributed by atoms with van der Waals surface area (Å²) in [7, 11) is 0. The molecule has 0 saturated carbocycles. The maximum absolute atomic E-state index is 12.2. The first kappa shape index (κ1) is 13.2. The standard InChI is InChI=1S/C13H12N4OS/c1-7-5-10(14-4)9(3)11(15-7)12(18)17-13-16-8(2)6-19-13/h5-6H,1-3H3,(H,16,17,18). The van der Waals surface area contributed by atoms with E-state index in [0.29, 0.717) is 22.1 Å². The molecule has 0 aliphatic carbocycles. The van der Waals surface area contributed by atoms with E-state index in [-0.39, 0.29) is 11.6 Å². The minimum Gasteiger partial charge on any atom is -0.297 e. The number of nitrogens with zero attached hydrogens (tertiary/aromatic N) is 3. The summed E-state index contributed by atoms with van der Waals surface area (Å²) in [5, 5.41) is 5.10. The van der Waals surface area contributed by atoms with Gasteiger partial charge < -0.3 is 0 Å². The first-order valence-electron chi connectivity index (χ1n) is 5.60. The number of aryl methyl sites for hydroxylation is 2. The molecule has 0 bridgehead atoms. The fourth-order valence-electron chi connectivity index (χ4n) is 1.62. The number of amides is 1. The fourth-order valence-corrected chi connectivity index (χ4v) is 2.31. The van der Waals surface area contributed by atoms with Gasteiger partial charge in [-0.15, -0.1) is 11.3 Å². The third-order valence-corrected chi connectivity index (χ3v) is 3.42. The first-order valence-corrected chi connectivity index (χ1v) is 6.48. The molecule has 2 aromatic rings. The fraction of sp³-hybridized carbons (Fsp3) is 0.231. The van der Waals surface area contributed by atoms with E-state index in [9.17, 15) is 4.79 Å². The molecule has 0 radical (unpaired) electrons. The van der Waals surface area contributed by atoms with Gasteiger partial charge in [0.15, 0.2) is 10.8 Å². The van der Waals surface area contributed by atoms with Gasteiger partial charge in [-0.25, -0.2) is 9.83 Å². The van der Waals surface area contributed by atoms with Gasteiger partial charge >= 0.3 is 0 Å². The number of carbonyl (C=O) groups is 1. The Morgan fingerprint density at radius 1 is 1.32 bits per heavy atom. The van der Waals surface area contributed by atoms with Crippen LogP contribution in [0.2, 0.25) is 0 Å². The van der Waals surface area contributed by atoms with Crippen molar-refractivity contribution in [1.29, 1.82) is 0 Å². The van der Waals surface area contributed by atoms with Crippen molar-refractivity contribution >= 4 is 28.1 Å². The predicted octanol–water partition coefficient (Wildman–Crippen LogP) is 3.27. The summed E-state index contributed by atoms with van der Waals surface area (Å²) in [5.41, 5.74) is 2.83. The van der Waals surface area contributed by atoms with Gasteiger partial charge in [-0.05, 0) is 32.4 Å². The molecule has 0 aliphatic rings. The SMILES string of the molecule is [C-]#[N+]c1cc(C)nc(C(=O)Nc2nc(C)cs2)c1C. The summed E-state index contributed by atoms with van der Waals surface area (Å²) >= 11 is 1.36. The lowest BCUT2D eigenvalue weighted by Gasteiger charge is -2.07. The zero-order chi connectivity index (χ0) is 14.0. The molecule has 0 unspecified atom stereocenters. The minimum absolute atomic E-state index is 0.277. The molecule has 1 amide bonds. The number of pyridine rings is 1. The Balaban J connectivity index is 2.34. The second-order valence-corrected chi connectivity index (χ2v) is 4.97. The minimum atomic E-state index is -0.333. The third-order valence-electron chi connectivity index (χ3n) is 2.55. The van der Waals surface area contributed by atoms with E-state index < -0.39 is 0 Å². The quantitative estimate of drug-likeness (QED) is 0.853. The molecule has 0 saturated heterocycles. The average Bonchev–Trinajstić information content (AvgIpc) is 2.77. The number of carbonyl (C=O) groups excluding carboxylic acids is 1. The van der Waals surface area contributed by atoms with Gasteiger partial charge in [0.2, 0.25) is 0 Å². The second-order valence-electron chi connectivity index (χ2n) is 4.12. The average molecular weight is 272 g/mol. The molecular weight excluding hydrogens is 260 g/mol. The highest BCUT2D eigenvalue weighted by Crippen LogP contribution is 2.23. The zero-order valence-electron chi connectivity index (χ0n) is 10.8. The second kappa shape index (κ2) is 5.16. The third kappa shape index (κ3) is 2.77. The summed E-state index contributed by atoms with van der Waals surface area (Å²) in [4.78, 5) is 23.9. The smallest absolute Gasteiger partial charge is 0.275 e. The number of thiazole rings is 1. The maximum atomic E-state index is 12.2. The molecule has 19 heavy (non-hydrogen) atoms. The lowest BCUT2D eigenvalue weighted by atomic mass is 10.1. The Morgan fingerprint density at radius 2 is 2.05 bits per heavy atom. The topological polar surface area (TPSA) is 59.2 Å². The van der Waals surface area contributed by atoms with Crippen molar-refractivity contribution in [3.63, 3.8) is 0 Å². The van der Waals surface area contributed by atoms with Crippen molar-refractivity contribution in [3.8, 4) is 0 Å². The maximum Gasteiger partial charge on any atom is 0.275 e. The van der Waals surface area contributed by atoms with E-state index in [1.54, 1.807) is 19.9 Å². The van der Waals surface area contributed by atoms with Crippen molar-refractivity contribution in [3.05, 3.63) is 45.5 Å². The molecular formula is C13H12N4OS. The van der Waals surface area contributed by atoms with Crippen molar-refractivity contribution in [1.82, 2.24) is 9.97 Å². The molecule has 0 spiro atoms. The molecule has 6 heteroatoms. The summed E-state index contributed by atoms with van der Waals surface area (Å²) in [5.74, 6) is -0.333. The van der Waals surface area contributed by atoms with Crippen LogP contribution in [-0.2, 0) is 0 Å². The molecule has 96 valence electrons. The lowest BCUT2D eigenvalue weighted by Crippen LogP contribution is -2.15. The Morgan fingerprint density at radius 3 is 2.63 bits per heavy atom. The van der Waals surface area contributed by atoms with Crippen LogP contribution in [0.5, 0.6) is 0 Å². The van der Waals surface area contributed by atoms with Crippen LogP contribution in [0.3, 0.4) is 0 Å². The number of aromatic nitrogens is 2. The van der Waals surface area contributed by atoms with E-state index in [2.05, 4.69) is 20.1 Å². The summed E-state index contributed by atoms with van der Waals surface area (Å²) < 4.78 is 0. The number of anilines is 1. The van der Waals surface area contributed by atoms with Crippen LogP contribution in [0.25, 0.3) is 4.85 Å². The van der Waals surface area contributed by atoms with Crippen LogP contribution in [0.15, 0.2) is 11.4 Å². The highest BCUT2D eigenvalue weighted by molar-refractivity contribution is 7.13. The summed E-state index contributed by atoms with van der Waals surface area (Å²) in [6, 6.07) is 1.67. The van der Waals surface area contributed by atoms with E-state index in [1.165, 1.54) is 11.3 Å². The van der Waals surface area contributed by atoms with Crippen LogP contribution in [-0.4, -0.2) is 15.9 Å². The van der Waals surface area contributed by atoms with Gasteiger partial charge in [0.05, 0.1) is 12.3 Å². The van der Waals surface area contributed by atoms with Gasteiger partial charge in [0.1, 0.15) is 5.69 Å². The molecule has 0 aliphatic heterocycles. The molecule has 2 rings (SSSR count). The van der Waals surface area contributed by atoms with Crippen LogP contribution in [0.4, 0.5) is 10.8 Å². The van der Waals surface area contributed by atoms with Crippen LogP contribution < -0.4 is 5.32 Å². The predicted molar refractivity (Wildman–Crippen MR) is 74.8 cm³/mol. The van der Waals surface area contributed by atoms with Crippen molar-refractivity contribution < 1.29 is 4.79 Å². The van der Waals surface area contributed by atoms with E-state index in [1.807, 2.05) is 12.3 Å². The molecule has 0 fully saturated rings. The van der Waals surface area contributed by atoms with E-state index in [4.69, 9.17) is 6.57 Å². The highest BCUT2D eigenvalue weighted by Gasteiger charge is 2.16. The molecule has 0 atom stereocenters. The van der Waals surface area contributed by atoms with Gasteiger partial charge in [-0.1, -0.05) is 0 Å². The number of nitrogens with one attached hydrogen (secondary N) is 1. The first-order chi connectivity index (χ1) is 9.01. The van der Waals surface area contributed by atoms with Gasteiger partial charge in [-0.2, -0.15) is 0 Å². The summed E-state index contributed by atoms with van der Waals surface area (Å²) in [6.45, 7) is 12.4. The molecule has 0 aromatic carbocycles. The van der Waals surface area contributed by atoms with Gasteiger partial charge in [0.25, 0.3) is 5.91 Å². The molecule has 1 N–H and O–H groups in total. The monoisotopic (exact) mass is 272 g/mol. The highest BCUT2D eigenvalue weighted by atomic mass is 32.1. The zero-order valence-corrected chi connectivity index (χ0v) is 11.6. The Labute approximate surface area is 115 Å². The molecule has 2 heterocycles. The molecule has 5 nitrogen and oxygen atoms in total. The van der Waals surface area contributed by atoms with E-state index in [0.717, 1.165) is 5.69 Å². The van der Waals surface area contributed by atoms with Crippen LogP contribution in [0.1, 0.15) is 27.4 Å². The Hall–Kier alpha value is -2.26. The lowest BCUT2D eigenvalue weighted by molar-refractivity contribution is 0.102. The van der Waals surface area contributed by atoms with Gasteiger partial charge in [-0.3, -0.25) is 15.1 Å². The van der Waals surface area contributed by atoms with Gasteiger partial charge in [0, 0.05) is 11.1 Å². The Bertz CT molecular complexity index is 684. The van der Waals surface area contributed by atoms with Crippen LogP contribution >= 0.6 is 11.3 Å².